The molecule has 2 rings (SSSR count). The van der Waals surface area contributed by atoms with E-state index in [1.807, 2.05) is 30.3 Å². The topological polar surface area (TPSA) is 43.4 Å². The Balaban J connectivity index is 2.50. The van der Waals surface area contributed by atoms with E-state index in [2.05, 4.69) is 0 Å². The Bertz CT molecular complexity index is 414. The molecule has 1 aromatic rings. The van der Waals surface area contributed by atoms with Crippen molar-refractivity contribution in [1.82, 2.24) is 0 Å². The van der Waals surface area contributed by atoms with E-state index in [4.69, 9.17) is 4.74 Å². The van der Waals surface area contributed by atoms with Crippen molar-refractivity contribution in [2.45, 2.75) is 31.1 Å². The molecule has 3 heteroatoms. The Kier molecular flexibility index (Phi) is 3.27. The number of rotatable bonds is 2. The standard InChI is InChI=1S/C14H16O3/c1-17-13(16)14(10-6-5-9-12(14)15)11-7-3-2-4-8-11/h2-4,7-8H,5-6,9-10H2,1H3/t14-/m1/s1. The zero-order chi connectivity index (χ0) is 12.3. The molecule has 0 bridgehead atoms. The Morgan fingerprint density at radius 3 is 2.53 bits per heavy atom. The summed E-state index contributed by atoms with van der Waals surface area (Å²) < 4.78 is 4.86. The number of ketones is 1. The van der Waals surface area contributed by atoms with Crippen LogP contribution in [0.5, 0.6) is 0 Å². The van der Waals surface area contributed by atoms with Gasteiger partial charge in [-0.05, 0) is 18.4 Å². The highest BCUT2D eigenvalue weighted by Crippen LogP contribution is 2.37. The minimum Gasteiger partial charge on any atom is -0.468 e. The van der Waals surface area contributed by atoms with Crippen molar-refractivity contribution in [3.8, 4) is 0 Å². The van der Waals surface area contributed by atoms with Gasteiger partial charge in [0.15, 0.2) is 11.2 Å². The van der Waals surface area contributed by atoms with E-state index in [1.165, 1.54) is 7.11 Å². The zero-order valence-corrected chi connectivity index (χ0v) is 9.94. The van der Waals surface area contributed by atoms with Gasteiger partial charge in [-0.3, -0.25) is 9.59 Å². The molecular weight excluding hydrogens is 216 g/mol. The fraction of sp³-hybridized carbons (Fsp3) is 0.429. The monoisotopic (exact) mass is 232 g/mol. The van der Waals surface area contributed by atoms with Crippen LogP contribution in [0.1, 0.15) is 31.2 Å². The maximum absolute atomic E-state index is 12.2. The predicted molar refractivity (Wildman–Crippen MR) is 63.6 cm³/mol. The molecule has 1 atom stereocenters. The van der Waals surface area contributed by atoms with Gasteiger partial charge in [-0.25, -0.2) is 0 Å². The molecule has 1 fully saturated rings. The molecule has 3 nitrogen and oxygen atoms in total. The molecule has 0 unspecified atom stereocenters. The van der Waals surface area contributed by atoms with Gasteiger partial charge in [0.25, 0.3) is 0 Å². The lowest BCUT2D eigenvalue weighted by atomic mass is 9.68. The molecule has 1 saturated carbocycles. The first-order valence-corrected chi connectivity index (χ1v) is 5.89. The number of ether oxygens (including phenoxy) is 1. The molecule has 0 N–H and O–H groups in total. The second-order valence-electron chi connectivity index (χ2n) is 4.39. The maximum atomic E-state index is 12.2. The summed E-state index contributed by atoms with van der Waals surface area (Å²) in [6, 6.07) is 9.24. The number of hydrogen-bond donors (Lipinski definition) is 0. The van der Waals surface area contributed by atoms with Crippen LogP contribution in [0.15, 0.2) is 30.3 Å². The van der Waals surface area contributed by atoms with Crippen LogP contribution in [-0.4, -0.2) is 18.9 Å². The number of methoxy groups -OCH3 is 1. The number of carbonyl (C=O) groups is 2. The van der Waals surface area contributed by atoms with Crippen LogP contribution in [0.25, 0.3) is 0 Å². The van der Waals surface area contributed by atoms with E-state index in [9.17, 15) is 9.59 Å². The molecule has 0 heterocycles. The van der Waals surface area contributed by atoms with E-state index >= 15 is 0 Å². The van der Waals surface area contributed by atoms with Crippen molar-refractivity contribution >= 4 is 11.8 Å². The van der Waals surface area contributed by atoms with Crippen LogP contribution in [-0.2, 0) is 19.7 Å². The summed E-state index contributed by atoms with van der Waals surface area (Å²) in [5, 5.41) is 0. The van der Waals surface area contributed by atoms with Gasteiger partial charge in [0.2, 0.25) is 0 Å². The zero-order valence-electron chi connectivity index (χ0n) is 9.94. The van der Waals surface area contributed by atoms with Crippen molar-refractivity contribution in [1.29, 1.82) is 0 Å². The van der Waals surface area contributed by atoms with E-state index in [1.54, 1.807) is 0 Å². The van der Waals surface area contributed by atoms with E-state index in [0.717, 1.165) is 18.4 Å². The Hall–Kier alpha value is -1.64. The summed E-state index contributed by atoms with van der Waals surface area (Å²) in [5.41, 5.74) is -0.301. The third-order valence-electron chi connectivity index (χ3n) is 3.48. The minimum absolute atomic E-state index is 0.0122. The van der Waals surface area contributed by atoms with Crippen molar-refractivity contribution in [2.24, 2.45) is 0 Å². The summed E-state index contributed by atoms with van der Waals surface area (Å²) >= 11 is 0. The number of carbonyl (C=O) groups excluding carboxylic acids is 2. The first kappa shape index (κ1) is 11.8. The second-order valence-corrected chi connectivity index (χ2v) is 4.39. The van der Waals surface area contributed by atoms with Crippen molar-refractivity contribution in [3.05, 3.63) is 35.9 Å². The average molecular weight is 232 g/mol. The van der Waals surface area contributed by atoms with Crippen LogP contribution in [0.2, 0.25) is 0 Å². The molecule has 1 aliphatic rings. The summed E-state index contributed by atoms with van der Waals surface area (Å²) in [6.45, 7) is 0. The van der Waals surface area contributed by atoms with E-state index in [-0.39, 0.29) is 5.78 Å². The van der Waals surface area contributed by atoms with Gasteiger partial charge in [-0.1, -0.05) is 36.8 Å². The first-order valence-electron chi connectivity index (χ1n) is 5.89. The van der Waals surface area contributed by atoms with E-state index in [0.29, 0.717) is 12.8 Å². The van der Waals surface area contributed by atoms with Crippen molar-refractivity contribution < 1.29 is 14.3 Å². The Labute approximate surface area is 101 Å². The summed E-state index contributed by atoms with van der Waals surface area (Å²) in [5.74, 6) is -0.435. The van der Waals surface area contributed by atoms with Crippen LogP contribution in [0, 0.1) is 0 Å². The quantitative estimate of drug-likeness (QED) is 0.580. The average Bonchev–Trinajstić information content (AvgIpc) is 2.39. The minimum atomic E-state index is -1.06. The fourth-order valence-electron chi connectivity index (χ4n) is 2.56. The first-order chi connectivity index (χ1) is 8.21. The molecule has 1 aromatic carbocycles. The predicted octanol–water partition coefficient (Wildman–Crippen LogP) is 2.24. The largest absolute Gasteiger partial charge is 0.468 e. The van der Waals surface area contributed by atoms with Gasteiger partial charge in [-0.2, -0.15) is 0 Å². The van der Waals surface area contributed by atoms with Crippen LogP contribution < -0.4 is 0 Å². The molecule has 0 radical (unpaired) electrons. The lowest BCUT2D eigenvalue weighted by Crippen LogP contribution is -2.46. The van der Waals surface area contributed by atoms with Gasteiger partial charge < -0.3 is 4.74 Å². The Morgan fingerprint density at radius 1 is 1.24 bits per heavy atom. The van der Waals surface area contributed by atoms with Gasteiger partial charge in [0.1, 0.15) is 0 Å². The number of esters is 1. The molecule has 0 aromatic heterocycles. The maximum Gasteiger partial charge on any atom is 0.323 e. The summed E-state index contributed by atoms with van der Waals surface area (Å²) in [7, 11) is 1.34. The molecule has 90 valence electrons. The van der Waals surface area contributed by atoms with Gasteiger partial charge in [0.05, 0.1) is 7.11 Å². The van der Waals surface area contributed by atoms with Crippen LogP contribution in [0.4, 0.5) is 0 Å². The van der Waals surface area contributed by atoms with Crippen molar-refractivity contribution in [3.63, 3.8) is 0 Å². The highest BCUT2D eigenvalue weighted by atomic mass is 16.5. The SMILES string of the molecule is COC(=O)[C@@]1(c2ccccc2)CCCCC1=O. The number of hydrogen-bond acceptors (Lipinski definition) is 3. The normalized spacial score (nSPS) is 24.4. The second kappa shape index (κ2) is 4.70. The number of benzene rings is 1. The fourth-order valence-corrected chi connectivity index (χ4v) is 2.56. The lowest BCUT2D eigenvalue weighted by molar-refractivity contribution is -0.153. The lowest BCUT2D eigenvalue weighted by Gasteiger charge is -2.33. The van der Waals surface area contributed by atoms with Gasteiger partial charge >= 0.3 is 5.97 Å². The molecule has 0 aliphatic heterocycles. The molecule has 0 spiro atoms. The molecule has 1 aliphatic carbocycles. The van der Waals surface area contributed by atoms with Gasteiger partial charge in [-0.15, -0.1) is 0 Å². The summed E-state index contributed by atoms with van der Waals surface area (Å²) in [4.78, 5) is 24.3. The van der Waals surface area contributed by atoms with Crippen molar-refractivity contribution in [2.75, 3.05) is 7.11 Å². The smallest absolute Gasteiger partial charge is 0.323 e. The highest BCUT2D eigenvalue weighted by Gasteiger charge is 2.48. The summed E-state index contributed by atoms with van der Waals surface area (Å²) in [6.07, 6.45) is 2.77. The third kappa shape index (κ3) is 1.86. The van der Waals surface area contributed by atoms with Crippen LogP contribution in [0.3, 0.4) is 0 Å². The van der Waals surface area contributed by atoms with Gasteiger partial charge in [0, 0.05) is 6.42 Å². The Morgan fingerprint density at radius 2 is 1.94 bits per heavy atom. The van der Waals surface area contributed by atoms with E-state index < -0.39 is 11.4 Å². The molecule has 17 heavy (non-hydrogen) atoms. The third-order valence-corrected chi connectivity index (χ3v) is 3.48. The molecule has 0 amide bonds. The number of Topliss-reactive ketones (excluding diaryl/α,β-unsaturated/α-hetero) is 1. The van der Waals surface area contributed by atoms with Crippen LogP contribution >= 0.6 is 0 Å². The highest BCUT2D eigenvalue weighted by molar-refractivity contribution is 6.10. The molecule has 0 saturated heterocycles. The molecular formula is C14H16O3.